The van der Waals surface area contributed by atoms with Crippen LogP contribution < -0.4 is 5.56 Å². The second kappa shape index (κ2) is 6.37. The van der Waals surface area contributed by atoms with Crippen LogP contribution >= 0.6 is 0 Å². The fraction of sp³-hybridized carbons (Fsp3) is 0.647. The molecule has 0 aromatic carbocycles. The molecule has 1 aromatic heterocycles. The van der Waals surface area contributed by atoms with Gasteiger partial charge in [0, 0.05) is 26.6 Å². The van der Waals surface area contributed by atoms with Crippen molar-refractivity contribution in [3.8, 4) is 0 Å². The van der Waals surface area contributed by atoms with Crippen LogP contribution in [-0.4, -0.2) is 44.3 Å². The quantitative estimate of drug-likeness (QED) is 0.794. The van der Waals surface area contributed by atoms with Gasteiger partial charge in [0.25, 0.3) is 5.56 Å². The predicted octanol–water partition coefficient (Wildman–Crippen LogP) is 0.580. The van der Waals surface area contributed by atoms with Gasteiger partial charge in [0.1, 0.15) is 5.82 Å². The van der Waals surface area contributed by atoms with Gasteiger partial charge in [0.15, 0.2) is 0 Å². The summed E-state index contributed by atoms with van der Waals surface area (Å²) >= 11 is 0. The number of rotatable bonds is 2. The lowest BCUT2D eigenvalue weighted by atomic mass is 9.96. The largest absolute Gasteiger partial charge is 0.342 e. The first kappa shape index (κ1) is 16.7. The summed E-state index contributed by atoms with van der Waals surface area (Å²) < 4.78 is 1.52. The van der Waals surface area contributed by atoms with E-state index in [4.69, 9.17) is 0 Å². The van der Waals surface area contributed by atoms with Gasteiger partial charge in [0.2, 0.25) is 11.8 Å². The van der Waals surface area contributed by atoms with E-state index in [0.29, 0.717) is 43.1 Å². The third-order valence-electron chi connectivity index (χ3n) is 5.12. The SMILES string of the molecule is CCC(=O)N1CCCC(C(=O)N2Cc3nc(C)n(C)c(=O)c3C2)C1. The molecule has 3 rings (SSSR count). The van der Waals surface area contributed by atoms with Crippen LogP contribution in [0.25, 0.3) is 0 Å². The number of aromatic nitrogens is 2. The molecule has 7 nitrogen and oxygen atoms in total. The monoisotopic (exact) mass is 332 g/mol. The molecular formula is C17H24N4O3. The summed E-state index contributed by atoms with van der Waals surface area (Å²) in [6.45, 7) is 5.58. The Morgan fingerprint density at radius 3 is 2.71 bits per heavy atom. The van der Waals surface area contributed by atoms with Crippen LogP contribution in [-0.2, 0) is 29.7 Å². The Bertz CT molecular complexity index is 740. The zero-order valence-corrected chi connectivity index (χ0v) is 14.5. The first-order valence-corrected chi connectivity index (χ1v) is 8.54. The summed E-state index contributed by atoms with van der Waals surface area (Å²) in [7, 11) is 1.70. The van der Waals surface area contributed by atoms with Crippen LogP contribution in [0, 0.1) is 12.8 Å². The zero-order valence-electron chi connectivity index (χ0n) is 14.5. The Labute approximate surface area is 141 Å². The molecule has 0 radical (unpaired) electrons. The summed E-state index contributed by atoms with van der Waals surface area (Å²) in [5.74, 6) is 0.614. The van der Waals surface area contributed by atoms with Crippen LogP contribution in [0.4, 0.5) is 0 Å². The highest BCUT2D eigenvalue weighted by molar-refractivity contribution is 5.81. The minimum Gasteiger partial charge on any atom is -0.342 e. The summed E-state index contributed by atoms with van der Waals surface area (Å²) in [5, 5.41) is 0. The summed E-state index contributed by atoms with van der Waals surface area (Å²) in [4.78, 5) is 45.1. The standard InChI is InChI=1S/C17H24N4O3/c1-4-15(22)20-7-5-6-12(8-20)16(23)21-9-13-14(10-21)18-11(2)19(3)17(13)24/h12H,4-10H2,1-3H3. The average molecular weight is 332 g/mol. The van der Waals surface area contributed by atoms with E-state index in [2.05, 4.69) is 4.98 Å². The molecular weight excluding hydrogens is 308 g/mol. The molecule has 24 heavy (non-hydrogen) atoms. The summed E-state index contributed by atoms with van der Waals surface area (Å²) in [6.07, 6.45) is 2.11. The van der Waals surface area contributed by atoms with E-state index in [1.54, 1.807) is 23.8 Å². The van der Waals surface area contributed by atoms with Gasteiger partial charge in [-0.1, -0.05) is 6.92 Å². The van der Waals surface area contributed by atoms with E-state index < -0.39 is 0 Å². The zero-order chi connectivity index (χ0) is 17.4. The molecule has 2 aliphatic heterocycles. The Morgan fingerprint density at radius 2 is 2.00 bits per heavy atom. The third-order valence-corrected chi connectivity index (χ3v) is 5.12. The van der Waals surface area contributed by atoms with Crippen molar-refractivity contribution >= 4 is 11.8 Å². The predicted molar refractivity (Wildman–Crippen MR) is 88.1 cm³/mol. The van der Waals surface area contributed by atoms with Gasteiger partial charge in [-0.15, -0.1) is 0 Å². The average Bonchev–Trinajstić information content (AvgIpc) is 3.02. The molecule has 1 unspecified atom stereocenters. The van der Waals surface area contributed by atoms with Crippen molar-refractivity contribution in [1.82, 2.24) is 19.4 Å². The lowest BCUT2D eigenvalue weighted by molar-refractivity contribution is -0.141. The van der Waals surface area contributed by atoms with E-state index in [0.717, 1.165) is 19.4 Å². The normalized spacial score (nSPS) is 20.2. The molecule has 1 fully saturated rings. The second-order valence-electron chi connectivity index (χ2n) is 6.68. The van der Waals surface area contributed by atoms with Crippen LogP contribution in [0.15, 0.2) is 4.79 Å². The minimum atomic E-state index is -0.173. The fourth-order valence-corrected chi connectivity index (χ4v) is 3.57. The fourth-order valence-electron chi connectivity index (χ4n) is 3.57. The second-order valence-corrected chi connectivity index (χ2v) is 6.68. The maximum atomic E-state index is 12.9. The van der Waals surface area contributed by atoms with Crippen LogP contribution in [0.1, 0.15) is 43.3 Å². The molecule has 0 bridgehead atoms. The maximum absolute atomic E-state index is 12.9. The van der Waals surface area contributed by atoms with Crippen molar-refractivity contribution in [2.75, 3.05) is 13.1 Å². The van der Waals surface area contributed by atoms with Crippen molar-refractivity contribution < 1.29 is 9.59 Å². The first-order valence-electron chi connectivity index (χ1n) is 8.54. The number of piperidine rings is 1. The third kappa shape index (κ3) is 2.83. The number of carbonyl (C=O) groups excluding carboxylic acids is 2. The van der Waals surface area contributed by atoms with E-state index >= 15 is 0 Å². The van der Waals surface area contributed by atoms with Crippen molar-refractivity contribution in [3.63, 3.8) is 0 Å². The molecule has 1 atom stereocenters. The number of carbonyl (C=O) groups is 2. The Kier molecular flexibility index (Phi) is 4.43. The highest BCUT2D eigenvalue weighted by Gasteiger charge is 2.34. The number of fused-ring (bicyclic) bond motifs is 1. The Balaban J connectivity index is 1.74. The number of likely N-dealkylation sites (tertiary alicyclic amines) is 1. The van der Waals surface area contributed by atoms with Crippen LogP contribution in [0.3, 0.4) is 0 Å². The molecule has 0 N–H and O–H groups in total. The topological polar surface area (TPSA) is 75.5 Å². The number of amides is 2. The Hall–Kier alpha value is -2.18. The van der Waals surface area contributed by atoms with Crippen molar-refractivity contribution in [3.05, 3.63) is 27.4 Å². The molecule has 0 spiro atoms. The highest BCUT2D eigenvalue weighted by atomic mass is 16.2. The van der Waals surface area contributed by atoms with Crippen LogP contribution in [0.5, 0.6) is 0 Å². The summed E-state index contributed by atoms with van der Waals surface area (Å²) in [6, 6.07) is 0. The van der Waals surface area contributed by atoms with E-state index in [1.165, 1.54) is 4.57 Å². The summed E-state index contributed by atoms with van der Waals surface area (Å²) in [5.41, 5.74) is 1.26. The van der Waals surface area contributed by atoms with Crippen LogP contribution in [0.2, 0.25) is 0 Å². The van der Waals surface area contributed by atoms with Gasteiger partial charge in [-0.2, -0.15) is 0 Å². The van der Waals surface area contributed by atoms with Gasteiger partial charge in [0.05, 0.1) is 30.3 Å². The lowest BCUT2D eigenvalue weighted by Gasteiger charge is -2.33. The molecule has 7 heteroatoms. The smallest absolute Gasteiger partial charge is 0.258 e. The number of hydrogen-bond donors (Lipinski definition) is 0. The number of aryl methyl sites for hydroxylation is 1. The lowest BCUT2D eigenvalue weighted by Crippen LogP contribution is -2.45. The number of nitrogens with zero attached hydrogens (tertiary/aromatic N) is 4. The molecule has 1 aromatic rings. The van der Waals surface area contributed by atoms with E-state index in [9.17, 15) is 14.4 Å². The minimum absolute atomic E-state index is 0.0290. The van der Waals surface area contributed by atoms with Gasteiger partial charge < -0.3 is 9.80 Å². The molecule has 3 heterocycles. The highest BCUT2D eigenvalue weighted by Crippen LogP contribution is 2.25. The van der Waals surface area contributed by atoms with Gasteiger partial charge in [-0.3, -0.25) is 19.0 Å². The number of hydrogen-bond acceptors (Lipinski definition) is 4. The van der Waals surface area contributed by atoms with Crippen molar-refractivity contribution in [2.24, 2.45) is 13.0 Å². The van der Waals surface area contributed by atoms with Gasteiger partial charge in [-0.25, -0.2) is 4.98 Å². The van der Waals surface area contributed by atoms with E-state index in [-0.39, 0.29) is 23.3 Å². The molecule has 1 saturated heterocycles. The maximum Gasteiger partial charge on any atom is 0.258 e. The van der Waals surface area contributed by atoms with E-state index in [1.807, 2.05) is 6.92 Å². The molecule has 0 aliphatic carbocycles. The first-order chi connectivity index (χ1) is 11.4. The Morgan fingerprint density at radius 1 is 1.25 bits per heavy atom. The molecule has 0 saturated carbocycles. The van der Waals surface area contributed by atoms with Crippen molar-refractivity contribution in [2.45, 2.75) is 46.2 Å². The molecule has 130 valence electrons. The van der Waals surface area contributed by atoms with Gasteiger partial charge in [-0.05, 0) is 19.8 Å². The van der Waals surface area contributed by atoms with Gasteiger partial charge >= 0.3 is 0 Å². The molecule has 2 amide bonds. The van der Waals surface area contributed by atoms with Crippen molar-refractivity contribution in [1.29, 1.82) is 0 Å². The molecule has 2 aliphatic rings.